The van der Waals surface area contributed by atoms with Gasteiger partial charge in [-0.3, -0.25) is 0 Å². The highest BCUT2D eigenvalue weighted by molar-refractivity contribution is 5.62. The van der Waals surface area contributed by atoms with Gasteiger partial charge >= 0.3 is 0 Å². The van der Waals surface area contributed by atoms with Gasteiger partial charge in [0, 0.05) is 30.6 Å². The molecule has 1 N–H and O–H groups in total. The minimum Gasteiger partial charge on any atom is -0.357 e. The van der Waals surface area contributed by atoms with Crippen molar-refractivity contribution in [3.63, 3.8) is 0 Å². The van der Waals surface area contributed by atoms with Crippen LogP contribution in [0.2, 0.25) is 0 Å². The summed E-state index contributed by atoms with van der Waals surface area (Å²) in [5, 5.41) is 2.74. The van der Waals surface area contributed by atoms with Gasteiger partial charge < -0.3 is 5.32 Å². The molecule has 0 unspecified atom stereocenters. The normalized spacial score (nSPS) is 10.2. The molecule has 82 valence electrons. The smallest absolute Gasteiger partial charge is 0.222 e. The summed E-state index contributed by atoms with van der Waals surface area (Å²) in [4.78, 5) is 7.87. The molecule has 1 aromatic heterocycles. The number of aromatic nitrogens is 2. The van der Waals surface area contributed by atoms with Crippen LogP contribution >= 0.6 is 0 Å². The van der Waals surface area contributed by atoms with E-state index in [1.807, 2.05) is 0 Å². The van der Waals surface area contributed by atoms with Crippen LogP contribution in [0.15, 0.2) is 30.6 Å². The van der Waals surface area contributed by atoms with Crippen LogP contribution in [0.1, 0.15) is 0 Å². The van der Waals surface area contributed by atoms with E-state index in [2.05, 4.69) is 15.3 Å². The molecule has 0 spiro atoms. The molecule has 0 saturated carbocycles. The lowest BCUT2D eigenvalue weighted by atomic mass is 10.1. The van der Waals surface area contributed by atoms with Crippen LogP contribution in [-0.4, -0.2) is 17.0 Å². The van der Waals surface area contributed by atoms with Gasteiger partial charge in [-0.2, -0.15) is 0 Å². The Kier molecular flexibility index (Phi) is 2.76. The predicted molar refractivity (Wildman–Crippen MR) is 56.9 cm³/mol. The summed E-state index contributed by atoms with van der Waals surface area (Å²) in [6.07, 6.45) is 2.88. The van der Waals surface area contributed by atoms with Crippen LogP contribution in [0.3, 0.4) is 0 Å². The minimum absolute atomic E-state index is 0.155. The molecular weight excluding hydrogens is 212 g/mol. The molecule has 0 fully saturated rings. The maximum absolute atomic E-state index is 13.4. The fourth-order valence-corrected chi connectivity index (χ4v) is 1.31. The van der Waals surface area contributed by atoms with Gasteiger partial charge in [0.25, 0.3) is 0 Å². The molecule has 0 aliphatic rings. The molecule has 3 nitrogen and oxygen atoms in total. The highest BCUT2D eigenvalue weighted by Gasteiger charge is 2.07. The van der Waals surface area contributed by atoms with Gasteiger partial charge in [0.1, 0.15) is 11.6 Å². The van der Waals surface area contributed by atoms with Crippen LogP contribution in [0, 0.1) is 11.6 Å². The zero-order valence-electron chi connectivity index (χ0n) is 8.54. The van der Waals surface area contributed by atoms with Gasteiger partial charge in [-0.1, -0.05) is 0 Å². The first kappa shape index (κ1) is 10.5. The average molecular weight is 221 g/mol. The summed E-state index contributed by atoms with van der Waals surface area (Å²) < 4.78 is 26.4. The highest BCUT2D eigenvalue weighted by atomic mass is 19.1. The Morgan fingerprint density at radius 2 is 1.81 bits per heavy atom. The standard InChI is InChI=1S/C11H9F2N3/c1-14-11-15-5-7(6-16-11)9-4-8(12)2-3-10(9)13/h2-6H,1H3,(H,14,15,16). The molecular formula is C11H9F2N3. The first-order chi connectivity index (χ1) is 7.70. The van der Waals surface area contributed by atoms with E-state index in [9.17, 15) is 8.78 Å². The van der Waals surface area contributed by atoms with Gasteiger partial charge in [0.15, 0.2) is 0 Å². The van der Waals surface area contributed by atoms with E-state index in [1.165, 1.54) is 12.4 Å². The third-order valence-corrected chi connectivity index (χ3v) is 2.11. The molecule has 0 amide bonds. The number of benzene rings is 1. The molecule has 1 heterocycles. The van der Waals surface area contributed by atoms with Crippen LogP contribution in [-0.2, 0) is 0 Å². The number of rotatable bonds is 2. The summed E-state index contributed by atoms with van der Waals surface area (Å²) >= 11 is 0. The summed E-state index contributed by atoms with van der Waals surface area (Å²) in [6.45, 7) is 0. The Hall–Kier alpha value is -2.04. The first-order valence-electron chi connectivity index (χ1n) is 4.66. The maximum atomic E-state index is 13.4. The molecule has 16 heavy (non-hydrogen) atoms. The second-order valence-corrected chi connectivity index (χ2v) is 3.17. The molecule has 0 bridgehead atoms. The van der Waals surface area contributed by atoms with Crippen molar-refractivity contribution in [1.82, 2.24) is 9.97 Å². The molecule has 0 aliphatic heterocycles. The molecule has 2 aromatic rings. The SMILES string of the molecule is CNc1ncc(-c2cc(F)ccc2F)cn1. The fourth-order valence-electron chi connectivity index (χ4n) is 1.31. The second kappa shape index (κ2) is 4.22. The van der Waals surface area contributed by atoms with Gasteiger partial charge in [-0.25, -0.2) is 18.7 Å². The van der Waals surface area contributed by atoms with E-state index in [-0.39, 0.29) is 5.56 Å². The summed E-state index contributed by atoms with van der Waals surface area (Å²) in [7, 11) is 1.68. The second-order valence-electron chi connectivity index (χ2n) is 3.17. The molecule has 0 atom stereocenters. The van der Waals surface area contributed by atoms with Crippen molar-refractivity contribution in [2.45, 2.75) is 0 Å². The van der Waals surface area contributed by atoms with E-state index in [0.29, 0.717) is 11.5 Å². The lowest BCUT2D eigenvalue weighted by Gasteiger charge is -2.03. The van der Waals surface area contributed by atoms with Gasteiger partial charge in [0.05, 0.1) is 0 Å². The Morgan fingerprint density at radius 3 is 2.44 bits per heavy atom. The lowest BCUT2D eigenvalue weighted by molar-refractivity contribution is 0.603. The van der Waals surface area contributed by atoms with Crippen molar-refractivity contribution < 1.29 is 8.78 Å². The number of hydrogen-bond acceptors (Lipinski definition) is 3. The Bertz CT molecular complexity index is 497. The predicted octanol–water partition coefficient (Wildman–Crippen LogP) is 2.46. The molecule has 0 aliphatic carbocycles. The Morgan fingerprint density at radius 1 is 1.12 bits per heavy atom. The Labute approximate surface area is 91.2 Å². The topological polar surface area (TPSA) is 37.8 Å². The zero-order chi connectivity index (χ0) is 11.5. The third kappa shape index (κ3) is 1.98. The highest BCUT2D eigenvalue weighted by Crippen LogP contribution is 2.22. The van der Waals surface area contributed by atoms with Crippen LogP contribution in [0.5, 0.6) is 0 Å². The summed E-state index contributed by atoms with van der Waals surface area (Å²) in [6, 6.07) is 3.27. The van der Waals surface area contributed by atoms with Crippen molar-refractivity contribution >= 4 is 5.95 Å². The van der Waals surface area contributed by atoms with E-state index >= 15 is 0 Å². The molecule has 1 aromatic carbocycles. The van der Waals surface area contributed by atoms with Crippen molar-refractivity contribution in [2.24, 2.45) is 0 Å². The van der Waals surface area contributed by atoms with Crippen molar-refractivity contribution in [3.8, 4) is 11.1 Å². The number of halogens is 2. The average Bonchev–Trinajstić information content (AvgIpc) is 2.32. The Balaban J connectivity index is 2.45. The van der Waals surface area contributed by atoms with Gasteiger partial charge in [0.2, 0.25) is 5.95 Å². The quantitative estimate of drug-likeness (QED) is 0.846. The van der Waals surface area contributed by atoms with Crippen molar-refractivity contribution in [1.29, 1.82) is 0 Å². The molecule has 0 radical (unpaired) electrons. The van der Waals surface area contributed by atoms with Crippen LogP contribution in [0.4, 0.5) is 14.7 Å². The molecule has 0 saturated heterocycles. The van der Waals surface area contributed by atoms with Crippen molar-refractivity contribution in [3.05, 3.63) is 42.2 Å². The summed E-state index contributed by atoms with van der Waals surface area (Å²) in [5.74, 6) is -0.558. The minimum atomic E-state index is -0.498. The number of hydrogen-bond donors (Lipinski definition) is 1. The van der Waals surface area contributed by atoms with Crippen LogP contribution < -0.4 is 5.32 Å². The number of nitrogens with one attached hydrogen (secondary N) is 1. The van der Waals surface area contributed by atoms with Gasteiger partial charge in [-0.15, -0.1) is 0 Å². The largest absolute Gasteiger partial charge is 0.357 e. The van der Waals surface area contributed by atoms with E-state index in [1.54, 1.807) is 7.05 Å². The molecule has 2 rings (SSSR count). The van der Waals surface area contributed by atoms with Crippen LogP contribution in [0.25, 0.3) is 11.1 Å². The number of nitrogens with zero attached hydrogens (tertiary/aromatic N) is 2. The number of anilines is 1. The fraction of sp³-hybridized carbons (Fsp3) is 0.0909. The van der Waals surface area contributed by atoms with E-state index in [0.717, 1.165) is 18.2 Å². The van der Waals surface area contributed by atoms with Crippen molar-refractivity contribution in [2.75, 3.05) is 12.4 Å². The van der Waals surface area contributed by atoms with E-state index in [4.69, 9.17) is 0 Å². The lowest BCUT2D eigenvalue weighted by Crippen LogP contribution is -1.96. The maximum Gasteiger partial charge on any atom is 0.222 e. The summed E-state index contributed by atoms with van der Waals surface area (Å²) in [5.41, 5.74) is 0.596. The zero-order valence-corrected chi connectivity index (χ0v) is 8.54. The monoisotopic (exact) mass is 221 g/mol. The first-order valence-corrected chi connectivity index (χ1v) is 4.66. The molecule has 5 heteroatoms. The van der Waals surface area contributed by atoms with E-state index < -0.39 is 11.6 Å². The van der Waals surface area contributed by atoms with Gasteiger partial charge in [-0.05, 0) is 18.2 Å². The third-order valence-electron chi connectivity index (χ3n) is 2.11.